The van der Waals surface area contributed by atoms with E-state index in [1.807, 2.05) is 12.1 Å². The van der Waals surface area contributed by atoms with Crippen LogP contribution in [0.15, 0.2) is 41.3 Å². The van der Waals surface area contributed by atoms with E-state index in [2.05, 4.69) is 10.0 Å². The first-order valence-electron chi connectivity index (χ1n) is 6.30. The molecule has 7 heteroatoms. The van der Waals surface area contributed by atoms with Crippen molar-refractivity contribution in [3.8, 4) is 0 Å². The van der Waals surface area contributed by atoms with Crippen molar-refractivity contribution in [2.75, 3.05) is 16.6 Å². The molecule has 4 nitrogen and oxygen atoms in total. The molecule has 1 aliphatic heterocycles. The molecule has 0 aromatic heterocycles. The van der Waals surface area contributed by atoms with Crippen LogP contribution in [0.25, 0.3) is 0 Å². The smallest absolute Gasteiger partial charge is 0.263 e. The van der Waals surface area contributed by atoms with Crippen molar-refractivity contribution < 1.29 is 8.42 Å². The number of hydrogen-bond donors (Lipinski definition) is 2. The molecule has 1 aliphatic rings. The number of fused-ring (bicyclic) bond motifs is 1. The van der Waals surface area contributed by atoms with Crippen LogP contribution < -0.4 is 10.0 Å². The van der Waals surface area contributed by atoms with Gasteiger partial charge in [0.15, 0.2) is 0 Å². The van der Waals surface area contributed by atoms with Gasteiger partial charge in [-0.1, -0.05) is 23.2 Å². The van der Waals surface area contributed by atoms with Crippen LogP contribution in [0.1, 0.15) is 5.56 Å². The average Bonchev–Trinajstić information content (AvgIpc) is 2.88. The molecular weight excluding hydrogens is 331 g/mol. The summed E-state index contributed by atoms with van der Waals surface area (Å²) >= 11 is 11.8. The highest BCUT2D eigenvalue weighted by atomic mass is 35.5. The molecule has 3 rings (SSSR count). The molecule has 2 aromatic carbocycles. The van der Waals surface area contributed by atoms with Gasteiger partial charge in [0.2, 0.25) is 0 Å². The van der Waals surface area contributed by atoms with Crippen molar-refractivity contribution in [1.82, 2.24) is 0 Å². The normalized spacial score (nSPS) is 13.6. The molecule has 0 amide bonds. The third-order valence-corrected chi connectivity index (χ3v) is 5.35. The number of nitrogens with one attached hydrogen (secondary N) is 2. The van der Waals surface area contributed by atoms with Crippen LogP contribution in [-0.2, 0) is 16.4 Å². The van der Waals surface area contributed by atoms with Crippen molar-refractivity contribution in [3.63, 3.8) is 0 Å². The molecule has 0 atom stereocenters. The van der Waals surface area contributed by atoms with Gasteiger partial charge >= 0.3 is 0 Å². The number of hydrogen-bond acceptors (Lipinski definition) is 3. The van der Waals surface area contributed by atoms with Gasteiger partial charge in [0.05, 0.1) is 5.02 Å². The van der Waals surface area contributed by atoms with Crippen LogP contribution in [0.5, 0.6) is 0 Å². The van der Waals surface area contributed by atoms with Gasteiger partial charge in [-0.05, 0) is 48.4 Å². The zero-order valence-electron chi connectivity index (χ0n) is 10.9. The summed E-state index contributed by atoms with van der Waals surface area (Å²) in [6.45, 7) is 0.867. The monoisotopic (exact) mass is 342 g/mol. The standard InChI is InChI=1S/C14H12Cl2N2O2S/c15-10-1-3-12(16)14(8-10)21(19,20)18-11-2-4-13-9(7-11)5-6-17-13/h1-4,7-8,17-18H,5-6H2. The predicted octanol–water partition coefficient (Wildman–Crippen LogP) is 3.76. The van der Waals surface area contributed by atoms with E-state index in [1.165, 1.54) is 12.1 Å². The van der Waals surface area contributed by atoms with E-state index in [0.29, 0.717) is 10.7 Å². The zero-order chi connectivity index (χ0) is 15.0. The Hall–Kier alpha value is -1.43. The molecule has 0 saturated carbocycles. The van der Waals surface area contributed by atoms with Crippen LogP contribution in [-0.4, -0.2) is 15.0 Å². The highest BCUT2D eigenvalue weighted by molar-refractivity contribution is 7.92. The first-order valence-corrected chi connectivity index (χ1v) is 8.54. The van der Waals surface area contributed by atoms with E-state index in [4.69, 9.17) is 23.2 Å². The first-order chi connectivity index (χ1) is 9.95. The fourth-order valence-corrected chi connectivity index (χ4v) is 4.07. The minimum atomic E-state index is -3.77. The Morgan fingerprint density at radius 1 is 1.10 bits per heavy atom. The largest absolute Gasteiger partial charge is 0.384 e. The third-order valence-electron chi connectivity index (χ3n) is 3.25. The lowest BCUT2D eigenvalue weighted by molar-refractivity contribution is 0.601. The van der Waals surface area contributed by atoms with Crippen molar-refractivity contribution in [2.24, 2.45) is 0 Å². The summed E-state index contributed by atoms with van der Waals surface area (Å²) < 4.78 is 27.3. The summed E-state index contributed by atoms with van der Waals surface area (Å²) in [5, 5.41) is 3.67. The second-order valence-corrected chi connectivity index (χ2v) is 7.22. The van der Waals surface area contributed by atoms with Gasteiger partial charge in [0.25, 0.3) is 10.0 Å². The summed E-state index contributed by atoms with van der Waals surface area (Å²) in [4.78, 5) is -0.0321. The molecule has 2 aromatic rings. The summed E-state index contributed by atoms with van der Waals surface area (Å²) in [6.07, 6.45) is 0.878. The highest BCUT2D eigenvalue weighted by Crippen LogP contribution is 2.29. The number of sulfonamides is 1. The summed E-state index contributed by atoms with van der Waals surface area (Å²) in [6, 6.07) is 9.74. The topological polar surface area (TPSA) is 58.2 Å². The number of rotatable bonds is 3. The van der Waals surface area contributed by atoms with Crippen molar-refractivity contribution in [1.29, 1.82) is 0 Å². The maximum absolute atomic E-state index is 12.4. The Bertz CT molecular complexity index is 807. The van der Waals surface area contributed by atoms with E-state index in [-0.39, 0.29) is 9.92 Å². The Morgan fingerprint density at radius 2 is 1.90 bits per heavy atom. The average molecular weight is 343 g/mol. The molecule has 0 radical (unpaired) electrons. The molecule has 0 aliphatic carbocycles. The maximum atomic E-state index is 12.4. The second kappa shape index (κ2) is 5.40. The summed E-state index contributed by atoms with van der Waals surface area (Å²) in [7, 11) is -3.77. The Balaban J connectivity index is 1.94. The van der Waals surface area contributed by atoms with Gasteiger partial charge in [-0.15, -0.1) is 0 Å². The lowest BCUT2D eigenvalue weighted by Crippen LogP contribution is -2.13. The van der Waals surface area contributed by atoms with Crippen LogP contribution in [0.3, 0.4) is 0 Å². The molecule has 0 saturated heterocycles. The summed E-state index contributed by atoms with van der Waals surface area (Å²) in [5.41, 5.74) is 2.64. The lowest BCUT2D eigenvalue weighted by atomic mass is 10.1. The van der Waals surface area contributed by atoms with Crippen molar-refractivity contribution in [2.45, 2.75) is 11.3 Å². The zero-order valence-corrected chi connectivity index (χ0v) is 13.2. The number of anilines is 2. The minimum Gasteiger partial charge on any atom is -0.384 e. The third kappa shape index (κ3) is 2.95. The molecule has 0 bridgehead atoms. The molecule has 0 fully saturated rings. The quantitative estimate of drug-likeness (QED) is 0.892. The van der Waals surface area contributed by atoms with Crippen molar-refractivity contribution >= 4 is 44.6 Å². The van der Waals surface area contributed by atoms with Gasteiger partial charge in [-0.25, -0.2) is 8.42 Å². The molecule has 0 spiro atoms. The van der Waals surface area contributed by atoms with Gasteiger partial charge in [-0.3, -0.25) is 4.72 Å². The Kier molecular flexibility index (Phi) is 3.73. The number of halogens is 2. The highest BCUT2D eigenvalue weighted by Gasteiger charge is 2.19. The van der Waals surface area contributed by atoms with E-state index in [9.17, 15) is 8.42 Å². The first kappa shape index (κ1) is 14.5. The molecule has 21 heavy (non-hydrogen) atoms. The van der Waals surface area contributed by atoms with Gasteiger partial charge in [0, 0.05) is 22.9 Å². The summed E-state index contributed by atoms with van der Waals surface area (Å²) in [5.74, 6) is 0. The SMILES string of the molecule is O=S(=O)(Nc1ccc2c(c1)CCN2)c1cc(Cl)ccc1Cl. The van der Waals surface area contributed by atoms with E-state index < -0.39 is 10.0 Å². The minimum absolute atomic E-state index is 0.0321. The predicted molar refractivity (Wildman–Crippen MR) is 85.9 cm³/mol. The molecule has 0 unspecified atom stereocenters. The fourth-order valence-electron chi connectivity index (χ4n) is 2.26. The van der Waals surface area contributed by atoms with Gasteiger partial charge in [-0.2, -0.15) is 0 Å². The van der Waals surface area contributed by atoms with E-state index in [0.717, 1.165) is 24.2 Å². The molecule has 2 N–H and O–H groups in total. The molecule has 1 heterocycles. The van der Waals surface area contributed by atoms with E-state index in [1.54, 1.807) is 12.1 Å². The Morgan fingerprint density at radius 3 is 2.71 bits per heavy atom. The lowest BCUT2D eigenvalue weighted by Gasteiger charge is -2.11. The Labute approximate surface area is 133 Å². The number of benzene rings is 2. The molecule has 110 valence electrons. The maximum Gasteiger partial charge on any atom is 0.263 e. The van der Waals surface area contributed by atoms with Crippen molar-refractivity contribution in [3.05, 3.63) is 52.0 Å². The molecular formula is C14H12Cl2N2O2S. The van der Waals surface area contributed by atoms with Gasteiger partial charge in [0.1, 0.15) is 4.90 Å². The second-order valence-electron chi connectivity index (χ2n) is 4.73. The van der Waals surface area contributed by atoms with Gasteiger partial charge < -0.3 is 5.32 Å². The van der Waals surface area contributed by atoms with Crippen LogP contribution in [0.4, 0.5) is 11.4 Å². The van der Waals surface area contributed by atoms with E-state index >= 15 is 0 Å². The fraction of sp³-hybridized carbons (Fsp3) is 0.143. The van der Waals surface area contributed by atoms with Crippen LogP contribution in [0, 0.1) is 0 Å². The van der Waals surface area contributed by atoms with Crippen LogP contribution >= 0.6 is 23.2 Å². The van der Waals surface area contributed by atoms with Crippen LogP contribution in [0.2, 0.25) is 10.0 Å².